The van der Waals surface area contributed by atoms with Crippen molar-refractivity contribution in [2.45, 2.75) is 25.9 Å². The molecular weight excluding hydrogens is 196 g/mol. The van der Waals surface area contributed by atoms with E-state index < -0.39 is 0 Å². The molecule has 2 heteroatoms. The molecule has 1 aromatic carbocycles. The van der Waals surface area contributed by atoms with Crippen molar-refractivity contribution < 1.29 is 0 Å². The maximum atomic E-state index is 3.56. The minimum Gasteiger partial charge on any atom is -0.367 e. The van der Waals surface area contributed by atoms with Crippen molar-refractivity contribution in [3.8, 4) is 0 Å². The molecule has 0 aliphatic heterocycles. The Labute approximate surface area is 96.7 Å². The number of aromatic amines is 1. The quantitative estimate of drug-likeness (QED) is 0.804. The zero-order valence-electron chi connectivity index (χ0n) is 9.83. The highest BCUT2D eigenvalue weighted by molar-refractivity contribution is 5.23. The average Bonchev–Trinajstić information content (AvgIpc) is 2.81. The molecular formula is C14H18N2. The Balaban J connectivity index is 2.03. The second-order valence-corrected chi connectivity index (χ2v) is 4.56. The van der Waals surface area contributed by atoms with Crippen LogP contribution in [0.4, 0.5) is 0 Å². The molecule has 16 heavy (non-hydrogen) atoms. The first-order valence-corrected chi connectivity index (χ1v) is 5.61. The van der Waals surface area contributed by atoms with Gasteiger partial charge in [0.15, 0.2) is 0 Å². The molecule has 0 aliphatic rings. The van der Waals surface area contributed by atoms with E-state index >= 15 is 0 Å². The van der Waals surface area contributed by atoms with E-state index in [0.29, 0.717) is 0 Å². The summed E-state index contributed by atoms with van der Waals surface area (Å²) in [5.41, 5.74) is 2.59. The topological polar surface area (TPSA) is 27.8 Å². The van der Waals surface area contributed by atoms with Crippen LogP contribution in [-0.2, 0) is 12.1 Å². The van der Waals surface area contributed by atoms with E-state index in [-0.39, 0.29) is 5.54 Å². The Hall–Kier alpha value is -1.54. The molecule has 2 N–H and O–H groups in total. The van der Waals surface area contributed by atoms with E-state index in [1.165, 1.54) is 11.1 Å². The van der Waals surface area contributed by atoms with Crippen LogP contribution in [0.3, 0.4) is 0 Å². The van der Waals surface area contributed by atoms with Crippen molar-refractivity contribution in [3.05, 3.63) is 59.9 Å². The lowest BCUT2D eigenvalue weighted by Gasteiger charge is -2.26. The fourth-order valence-electron chi connectivity index (χ4n) is 1.75. The number of hydrogen-bond donors (Lipinski definition) is 2. The fourth-order valence-corrected chi connectivity index (χ4v) is 1.75. The zero-order chi connectivity index (χ0) is 11.4. The molecule has 0 spiro atoms. The van der Waals surface area contributed by atoms with Crippen LogP contribution >= 0.6 is 0 Å². The lowest BCUT2D eigenvalue weighted by Crippen LogP contribution is -2.35. The molecule has 0 aliphatic carbocycles. The molecule has 0 radical (unpaired) electrons. The molecule has 84 valence electrons. The standard InChI is InChI=1S/C14H18N2/c1-14(2,13-6-4-3-5-7-13)16-11-12-8-9-15-10-12/h3-10,15-16H,11H2,1-2H3. The van der Waals surface area contributed by atoms with Crippen LogP contribution in [-0.4, -0.2) is 4.98 Å². The van der Waals surface area contributed by atoms with Gasteiger partial charge < -0.3 is 10.3 Å². The molecule has 0 bridgehead atoms. The number of benzene rings is 1. The van der Waals surface area contributed by atoms with Crippen molar-refractivity contribution in [2.75, 3.05) is 0 Å². The summed E-state index contributed by atoms with van der Waals surface area (Å²) in [6, 6.07) is 12.6. The Morgan fingerprint density at radius 2 is 1.88 bits per heavy atom. The number of H-pyrrole nitrogens is 1. The van der Waals surface area contributed by atoms with E-state index in [9.17, 15) is 0 Å². The summed E-state index contributed by atoms with van der Waals surface area (Å²) in [4.78, 5) is 3.07. The van der Waals surface area contributed by atoms with Crippen LogP contribution < -0.4 is 5.32 Å². The fraction of sp³-hybridized carbons (Fsp3) is 0.286. The van der Waals surface area contributed by atoms with Gasteiger partial charge in [-0.1, -0.05) is 30.3 Å². The summed E-state index contributed by atoms with van der Waals surface area (Å²) in [7, 11) is 0. The molecule has 0 saturated carbocycles. The minimum absolute atomic E-state index is 0.00146. The first-order valence-electron chi connectivity index (χ1n) is 5.61. The predicted octanol–water partition coefficient (Wildman–Crippen LogP) is 3.04. The monoisotopic (exact) mass is 214 g/mol. The van der Waals surface area contributed by atoms with Gasteiger partial charge in [-0.25, -0.2) is 0 Å². The van der Waals surface area contributed by atoms with Gasteiger partial charge in [0.1, 0.15) is 0 Å². The van der Waals surface area contributed by atoms with Crippen molar-refractivity contribution >= 4 is 0 Å². The maximum absolute atomic E-state index is 3.56. The normalized spacial score (nSPS) is 11.6. The first kappa shape index (κ1) is 11.0. The van der Waals surface area contributed by atoms with Gasteiger partial charge in [-0.15, -0.1) is 0 Å². The average molecular weight is 214 g/mol. The third-order valence-electron chi connectivity index (χ3n) is 2.89. The Kier molecular flexibility index (Phi) is 3.11. The highest BCUT2D eigenvalue weighted by Gasteiger charge is 2.18. The summed E-state index contributed by atoms with van der Waals surface area (Å²) in [5, 5.41) is 3.56. The van der Waals surface area contributed by atoms with E-state index in [0.717, 1.165) is 6.54 Å². The lowest BCUT2D eigenvalue weighted by atomic mass is 9.94. The molecule has 0 fully saturated rings. The predicted molar refractivity (Wildman–Crippen MR) is 67.1 cm³/mol. The Morgan fingerprint density at radius 1 is 1.12 bits per heavy atom. The van der Waals surface area contributed by atoms with E-state index in [1.807, 2.05) is 18.5 Å². The number of aromatic nitrogens is 1. The van der Waals surface area contributed by atoms with Gasteiger partial charge in [-0.05, 0) is 31.0 Å². The summed E-state index contributed by atoms with van der Waals surface area (Å²) >= 11 is 0. The molecule has 0 amide bonds. The SMILES string of the molecule is CC(C)(NCc1cc[nH]c1)c1ccccc1. The Morgan fingerprint density at radius 3 is 2.50 bits per heavy atom. The molecule has 0 atom stereocenters. The summed E-state index contributed by atoms with van der Waals surface area (Å²) in [6.45, 7) is 5.29. The van der Waals surface area contributed by atoms with Gasteiger partial charge in [-0.3, -0.25) is 0 Å². The molecule has 2 aromatic rings. The number of nitrogens with one attached hydrogen (secondary N) is 2. The highest BCUT2D eigenvalue weighted by atomic mass is 15.0. The van der Waals surface area contributed by atoms with Gasteiger partial charge in [0.25, 0.3) is 0 Å². The van der Waals surface area contributed by atoms with Crippen LogP contribution in [0.25, 0.3) is 0 Å². The van der Waals surface area contributed by atoms with Crippen molar-refractivity contribution in [2.24, 2.45) is 0 Å². The van der Waals surface area contributed by atoms with Crippen LogP contribution in [0.15, 0.2) is 48.8 Å². The van der Waals surface area contributed by atoms with Gasteiger partial charge in [-0.2, -0.15) is 0 Å². The summed E-state index contributed by atoms with van der Waals surface area (Å²) < 4.78 is 0. The smallest absolute Gasteiger partial charge is 0.0380 e. The van der Waals surface area contributed by atoms with E-state index in [1.54, 1.807) is 0 Å². The molecule has 0 unspecified atom stereocenters. The second-order valence-electron chi connectivity index (χ2n) is 4.56. The van der Waals surface area contributed by atoms with Crippen molar-refractivity contribution in [1.82, 2.24) is 10.3 Å². The number of rotatable bonds is 4. The summed E-state index contributed by atoms with van der Waals surface area (Å²) in [6.07, 6.45) is 3.97. The lowest BCUT2D eigenvalue weighted by molar-refractivity contribution is 0.401. The summed E-state index contributed by atoms with van der Waals surface area (Å²) in [5.74, 6) is 0. The van der Waals surface area contributed by atoms with Gasteiger partial charge >= 0.3 is 0 Å². The molecule has 2 nitrogen and oxygen atoms in total. The van der Waals surface area contributed by atoms with E-state index in [2.05, 4.69) is 54.5 Å². The number of hydrogen-bond acceptors (Lipinski definition) is 1. The van der Waals surface area contributed by atoms with Crippen molar-refractivity contribution in [3.63, 3.8) is 0 Å². The van der Waals surface area contributed by atoms with Gasteiger partial charge in [0.05, 0.1) is 0 Å². The Bertz CT molecular complexity index is 415. The third-order valence-corrected chi connectivity index (χ3v) is 2.89. The molecule has 1 aromatic heterocycles. The molecule has 2 rings (SSSR count). The molecule has 1 heterocycles. The zero-order valence-corrected chi connectivity index (χ0v) is 9.83. The van der Waals surface area contributed by atoms with Gasteiger partial charge in [0, 0.05) is 24.5 Å². The maximum Gasteiger partial charge on any atom is 0.0380 e. The van der Waals surface area contributed by atoms with Crippen molar-refractivity contribution in [1.29, 1.82) is 0 Å². The first-order chi connectivity index (χ1) is 7.68. The van der Waals surface area contributed by atoms with Crippen LogP contribution in [0.5, 0.6) is 0 Å². The van der Waals surface area contributed by atoms with E-state index in [4.69, 9.17) is 0 Å². The van der Waals surface area contributed by atoms with Gasteiger partial charge in [0.2, 0.25) is 0 Å². The highest BCUT2D eigenvalue weighted by Crippen LogP contribution is 2.19. The van der Waals surface area contributed by atoms with Crippen LogP contribution in [0, 0.1) is 0 Å². The largest absolute Gasteiger partial charge is 0.367 e. The third kappa shape index (κ3) is 2.52. The van der Waals surface area contributed by atoms with Crippen LogP contribution in [0.1, 0.15) is 25.0 Å². The minimum atomic E-state index is -0.00146. The van der Waals surface area contributed by atoms with Crippen LogP contribution in [0.2, 0.25) is 0 Å². The second kappa shape index (κ2) is 4.54. The molecule has 0 saturated heterocycles.